The Labute approximate surface area is 107 Å². The van der Waals surface area contributed by atoms with Gasteiger partial charge in [-0.1, -0.05) is 11.8 Å². The Kier molecular flexibility index (Phi) is 2.58. The number of rotatable bonds is 1. The maximum absolute atomic E-state index is 11.6. The second kappa shape index (κ2) is 4.13. The van der Waals surface area contributed by atoms with Gasteiger partial charge in [0.15, 0.2) is 11.6 Å². The summed E-state index contributed by atoms with van der Waals surface area (Å²) in [6.07, 6.45) is 0.911. The van der Waals surface area contributed by atoms with E-state index in [0.717, 1.165) is 0 Å². The van der Waals surface area contributed by atoms with Crippen LogP contribution in [0.15, 0.2) is 11.2 Å². The molecule has 2 aliphatic rings. The van der Waals surface area contributed by atoms with Gasteiger partial charge in [0.2, 0.25) is 5.91 Å². The van der Waals surface area contributed by atoms with Crippen molar-refractivity contribution in [3.8, 4) is 0 Å². The molecule has 3 heterocycles. The first-order valence-corrected chi connectivity index (χ1v) is 6.40. The van der Waals surface area contributed by atoms with Gasteiger partial charge < -0.3 is 10.1 Å². The van der Waals surface area contributed by atoms with Crippen molar-refractivity contribution in [3.63, 3.8) is 0 Å². The summed E-state index contributed by atoms with van der Waals surface area (Å²) in [5.74, 6) is 1.02. The standard InChI is InChI=1S/C10H10N4O3S/c1-5-3-14(10(16)17-5)6-2-11-9-8(12-6)13-7(15)4-18-9/h2,5H,3-4H2,1H3,(H,12,13,15)/t5-/m0/s1. The normalized spacial score (nSPS) is 22.5. The third-order valence-corrected chi connectivity index (χ3v) is 3.54. The molecule has 1 saturated heterocycles. The van der Waals surface area contributed by atoms with Crippen molar-refractivity contribution in [2.24, 2.45) is 0 Å². The number of carbonyl (C=O) groups excluding carboxylic acids is 2. The number of nitrogens with zero attached hydrogens (tertiary/aromatic N) is 3. The minimum Gasteiger partial charge on any atom is -0.444 e. The molecule has 3 rings (SSSR count). The molecule has 7 nitrogen and oxygen atoms in total. The van der Waals surface area contributed by atoms with Crippen LogP contribution in [0.2, 0.25) is 0 Å². The van der Waals surface area contributed by atoms with E-state index in [0.29, 0.717) is 29.0 Å². The molecule has 0 saturated carbocycles. The van der Waals surface area contributed by atoms with Gasteiger partial charge in [0.25, 0.3) is 0 Å². The van der Waals surface area contributed by atoms with Crippen LogP contribution in [-0.2, 0) is 9.53 Å². The summed E-state index contributed by atoms with van der Waals surface area (Å²) in [7, 11) is 0. The molecule has 1 atom stereocenters. The number of amides is 2. The Morgan fingerprint density at radius 1 is 1.56 bits per heavy atom. The molecule has 0 aliphatic carbocycles. The second-order valence-corrected chi connectivity index (χ2v) is 4.99. The average Bonchev–Trinajstić information content (AvgIpc) is 2.67. The van der Waals surface area contributed by atoms with Crippen LogP contribution in [0.5, 0.6) is 0 Å². The molecule has 1 aromatic rings. The van der Waals surface area contributed by atoms with Gasteiger partial charge in [-0.3, -0.25) is 9.69 Å². The van der Waals surface area contributed by atoms with Crippen LogP contribution in [0.3, 0.4) is 0 Å². The van der Waals surface area contributed by atoms with E-state index in [2.05, 4.69) is 15.3 Å². The van der Waals surface area contributed by atoms with Crippen molar-refractivity contribution in [3.05, 3.63) is 6.20 Å². The summed E-state index contributed by atoms with van der Waals surface area (Å²) in [6, 6.07) is 0. The quantitative estimate of drug-likeness (QED) is 0.811. The average molecular weight is 266 g/mol. The lowest BCUT2D eigenvalue weighted by Crippen LogP contribution is -2.27. The lowest BCUT2D eigenvalue weighted by Gasteiger charge is -2.17. The largest absolute Gasteiger partial charge is 0.444 e. The van der Waals surface area contributed by atoms with Crippen LogP contribution in [0.25, 0.3) is 0 Å². The minimum absolute atomic E-state index is 0.115. The zero-order valence-electron chi connectivity index (χ0n) is 9.54. The highest BCUT2D eigenvalue weighted by atomic mass is 32.2. The van der Waals surface area contributed by atoms with Crippen LogP contribution < -0.4 is 10.2 Å². The predicted octanol–water partition coefficient (Wildman–Crippen LogP) is 0.866. The summed E-state index contributed by atoms with van der Waals surface area (Å²) in [5.41, 5.74) is 0. The molecule has 0 radical (unpaired) electrons. The Balaban J connectivity index is 1.92. The van der Waals surface area contributed by atoms with Gasteiger partial charge in [-0.05, 0) is 6.92 Å². The number of nitrogens with one attached hydrogen (secondary N) is 1. The van der Waals surface area contributed by atoms with Crippen LogP contribution in [0.1, 0.15) is 6.92 Å². The predicted molar refractivity (Wildman–Crippen MR) is 64.7 cm³/mol. The number of ether oxygens (including phenoxy) is 1. The number of anilines is 2. The molecule has 18 heavy (non-hydrogen) atoms. The van der Waals surface area contributed by atoms with Crippen molar-refractivity contribution >= 4 is 35.4 Å². The van der Waals surface area contributed by atoms with Crippen molar-refractivity contribution in [1.29, 1.82) is 0 Å². The summed E-state index contributed by atoms with van der Waals surface area (Å²) in [4.78, 5) is 32.7. The van der Waals surface area contributed by atoms with Crippen molar-refractivity contribution in [2.75, 3.05) is 22.5 Å². The van der Waals surface area contributed by atoms with Gasteiger partial charge in [0, 0.05) is 0 Å². The summed E-state index contributed by atoms with van der Waals surface area (Å²) < 4.78 is 5.02. The van der Waals surface area contributed by atoms with Gasteiger partial charge in [-0.25, -0.2) is 14.8 Å². The topological polar surface area (TPSA) is 84.4 Å². The SMILES string of the molecule is C[C@H]1CN(c2cnc3c(n2)NC(=O)CS3)C(=O)O1. The Hall–Kier alpha value is -1.83. The molecule has 0 spiro atoms. The number of thioether (sulfide) groups is 1. The summed E-state index contributed by atoms with van der Waals surface area (Å²) in [5, 5.41) is 3.30. The molecular formula is C10H10N4O3S. The van der Waals surface area contributed by atoms with Gasteiger partial charge in [-0.15, -0.1) is 0 Å². The first kappa shape index (κ1) is 11.3. The number of hydrogen-bond donors (Lipinski definition) is 1. The number of carbonyl (C=O) groups is 2. The molecule has 0 unspecified atom stereocenters. The van der Waals surface area contributed by atoms with Crippen molar-refractivity contribution in [1.82, 2.24) is 9.97 Å². The molecule has 2 aliphatic heterocycles. The molecular weight excluding hydrogens is 256 g/mol. The van der Waals surface area contributed by atoms with Gasteiger partial charge in [-0.2, -0.15) is 0 Å². The molecule has 2 amide bonds. The highest BCUT2D eigenvalue weighted by Gasteiger charge is 2.31. The number of aromatic nitrogens is 2. The summed E-state index contributed by atoms with van der Waals surface area (Å²) >= 11 is 1.33. The molecule has 0 aromatic carbocycles. The van der Waals surface area contributed by atoms with Crippen LogP contribution >= 0.6 is 11.8 Å². The van der Waals surface area contributed by atoms with E-state index in [-0.39, 0.29) is 12.0 Å². The monoisotopic (exact) mass is 266 g/mol. The zero-order valence-corrected chi connectivity index (χ0v) is 10.4. The highest BCUT2D eigenvalue weighted by molar-refractivity contribution is 8.00. The third-order valence-electron chi connectivity index (χ3n) is 2.56. The first-order chi connectivity index (χ1) is 8.63. The lowest BCUT2D eigenvalue weighted by molar-refractivity contribution is -0.113. The van der Waals surface area contributed by atoms with Gasteiger partial charge in [0.1, 0.15) is 11.1 Å². The van der Waals surface area contributed by atoms with Gasteiger partial charge in [0.05, 0.1) is 18.5 Å². The van der Waals surface area contributed by atoms with E-state index in [1.54, 1.807) is 6.92 Å². The first-order valence-electron chi connectivity index (χ1n) is 5.41. The van der Waals surface area contributed by atoms with Gasteiger partial charge >= 0.3 is 6.09 Å². The Morgan fingerprint density at radius 3 is 3.11 bits per heavy atom. The molecule has 0 bridgehead atoms. The van der Waals surface area contributed by atoms with Crippen LogP contribution in [0, 0.1) is 0 Å². The zero-order chi connectivity index (χ0) is 12.7. The second-order valence-electron chi connectivity index (χ2n) is 4.02. The molecule has 8 heteroatoms. The van der Waals surface area contributed by atoms with E-state index in [1.165, 1.54) is 22.9 Å². The van der Waals surface area contributed by atoms with Crippen LogP contribution in [-0.4, -0.2) is 40.4 Å². The highest BCUT2D eigenvalue weighted by Crippen LogP contribution is 2.30. The third kappa shape index (κ3) is 1.88. The minimum atomic E-state index is -0.438. The van der Waals surface area contributed by atoms with E-state index >= 15 is 0 Å². The Morgan fingerprint density at radius 2 is 2.39 bits per heavy atom. The van der Waals surface area contributed by atoms with E-state index in [4.69, 9.17) is 4.74 Å². The molecule has 1 N–H and O–H groups in total. The van der Waals surface area contributed by atoms with E-state index < -0.39 is 6.09 Å². The smallest absolute Gasteiger partial charge is 0.415 e. The fourth-order valence-electron chi connectivity index (χ4n) is 1.78. The summed E-state index contributed by atoms with van der Waals surface area (Å²) in [6.45, 7) is 2.24. The fourth-order valence-corrected chi connectivity index (χ4v) is 2.48. The fraction of sp³-hybridized carbons (Fsp3) is 0.400. The van der Waals surface area contributed by atoms with Crippen molar-refractivity contribution < 1.29 is 14.3 Å². The van der Waals surface area contributed by atoms with Crippen LogP contribution in [0.4, 0.5) is 16.4 Å². The van der Waals surface area contributed by atoms with E-state index in [1.807, 2.05) is 0 Å². The molecule has 94 valence electrons. The number of fused-ring (bicyclic) bond motifs is 1. The maximum atomic E-state index is 11.6. The lowest BCUT2D eigenvalue weighted by atomic mass is 10.4. The van der Waals surface area contributed by atoms with Crippen molar-refractivity contribution in [2.45, 2.75) is 18.1 Å². The Bertz CT molecular complexity index is 536. The number of cyclic esters (lactones) is 1. The molecule has 1 fully saturated rings. The maximum Gasteiger partial charge on any atom is 0.415 e. The molecule has 1 aromatic heterocycles. The number of hydrogen-bond acceptors (Lipinski definition) is 6. The van der Waals surface area contributed by atoms with E-state index in [9.17, 15) is 9.59 Å².